The molecule has 2 rings (SSSR count). The van der Waals surface area contributed by atoms with Gasteiger partial charge in [0.05, 0.1) is 0 Å². The molecule has 2 aliphatic heterocycles. The monoisotopic (exact) mass is 424 g/mol. The average Bonchev–Trinajstić information content (AvgIpc) is 2.90. The van der Waals surface area contributed by atoms with E-state index >= 15 is 0 Å². The van der Waals surface area contributed by atoms with Gasteiger partial charge in [0.1, 0.15) is 0 Å². The molecule has 0 bridgehead atoms. The molecule has 0 aliphatic carbocycles. The number of methoxy groups -OCH3 is 2. The summed E-state index contributed by atoms with van der Waals surface area (Å²) in [5.74, 6) is 0. The van der Waals surface area contributed by atoms with Crippen molar-refractivity contribution in [1.82, 2.24) is 0 Å². The Bertz CT molecular complexity index is 249. The third kappa shape index (κ3) is 9.17. The Labute approximate surface area is 153 Å². The number of thioether (sulfide) groups is 2. The first-order chi connectivity index (χ1) is 7.54. The van der Waals surface area contributed by atoms with Crippen LogP contribution in [0.25, 0.3) is 0 Å². The molecular formula is C10H16Cl2O4S2Zr. The van der Waals surface area contributed by atoms with Gasteiger partial charge in [-0.1, -0.05) is 35.7 Å². The van der Waals surface area contributed by atoms with Crippen molar-refractivity contribution in [3.63, 3.8) is 0 Å². The Hall–Kier alpha value is 1.48. The Morgan fingerprint density at radius 3 is 1.32 bits per heavy atom. The van der Waals surface area contributed by atoms with Gasteiger partial charge in [-0.3, -0.25) is 0 Å². The van der Waals surface area contributed by atoms with Crippen LogP contribution in [0.4, 0.5) is 0 Å². The summed E-state index contributed by atoms with van der Waals surface area (Å²) in [7, 11) is 3.00. The topological polar surface area (TPSA) is 58.9 Å². The molecule has 0 fully saturated rings. The van der Waals surface area contributed by atoms with Crippen molar-refractivity contribution in [1.29, 1.82) is 0 Å². The summed E-state index contributed by atoms with van der Waals surface area (Å²) < 4.78 is 9.51. The second-order valence-corrected chi connectivity index (χ2v) is 5.51. The normalized spacial score (nSPS) is 30.5. The van der Waals surface area contributed by atoms with Crippen LogP contribution < -0.4 is 24.8 Å². The standard InChI is InChI=1S/2C5H8O2S.2ClH.Zr/c2*1-7-5(6)3-2-4-8-5;;;/h2*2,4,6H,3H2,1H3;2*1H;/q;;;;+2/p-2. The van der Waals surface area contributed by atoms with Crippen LogP contribution in [0.5, 0.6) is 0 Å². The predicted molar refractivity (Wildman–Crippen MR) is 66.6 cm³/mol. The van der Waals surface area contributed by atoms with Crippen LogP contribution in [0.2, 0.25) is 0 Å². The summed E-state index contributed by atoms with van der Waals surface area (Å²) in [5, 5.41) is 20.1. The zero-order valence-electron chi connectivity index (χ0n) is 10.5. The number of rotatable bonds is 2. The summed E-state index contributed by atoms with van der Waals surface area (Å²) in [6.45, 7) is 0. The molecule has 0 aromatic rings. The maximum atomic E-state index is 9.18. The molecule has 0 amide bonds. The van der Waals surface area contributed by atoms with Crippen LogP contribution in [-0.2, 0) is 35.7 Å². The molecule has 0 radical (unpaired) electrons. The number of halogens is 2. The fourth-order valence-corrected chi connectivity index (χ4v) is 2.45. The minimum Gasteiger partial charge on any atom is -1.00 e. The van der Waals surface area contributed by atoms with Crippen molar-refractivity contribution < 1.29 is 70.7 Å². The molecule has 110 valence electrons. The molecule has 4 nitrogen and oxygen atoms in total. The van der Waals surface area contributed by atoms with Gasteiger partial charge in [0, 0.05) is 27.1 Å². The van der Waals surface area contributed by atoms with Gasteiger partial charge in [-0.25, -0.2) is 0 Å². The van der Waals surface area contributed by atoms with E-state index in [0.717, 1.165) is 0 Å². The van der Waals surface area contributed by atoms with E-state index in [-0.39, 0.29) is 51.0 Å². The minimum atomic E-state index is -0.958. The van der Waals surface area contributed by atoms with Gasteiger partial charge < -0.3 is 44.5 Å². The third-order valence-electron chi connectivity index (χ3n) is 2.09. The summed E-state index contributed by atoms with van der Waals surface area (Å²) in [4.78, 5) is 0. The number of hydrogen-bond donors (Lipinski definition) is 2. The largest absolute Gasteiger partial charge is 2.00 e. The summed E-state index contributed by atoms with van der Waals surface area (Å²) in [6.07, 6.45) is 4.95. The Morgan fingerprint density at radius 1 is 0.895 bits per heavy atom. The molecule has 0 saturated carbocycles. The smallest absolute Gasteiger partial charge is 1.00 e. The molecule has 2 N–H and O–H groups in total. The molecule has 2 heterocycles. The van der Waals surface area contributed by atoms with Gasteiger partial charge in [-0.15, -0.1) is 0 Å². The summed E-state index contributed by atoms with van der Waals surface area (Å²) in [6, 6.07) is 0. The molecule has 0 spiro atoms. The van der Waals surface area contributed by atoms with Crippen molar-refractivity contribution in [2.75, 3.05) is 14.2 Å². The van der Waals surface area contributed by atoms with Crippen molar-refractivity contribution in [3.8, 4) is 0 Å². The van der Waals surface area contributed by atoms with Crippen molar-refractivity contribution in [2.24, 2.45) is 0 Å². The molecule has 19 heavy (non-hydrogen) atoms. The van der Waals surface area contributed by atoms with Gasteiger partial charge in [-0.2, -0.15) is 0 Å². The molecule has 9 heteroatoms. The number of hydrogen-bond acceptors (Lipinski definition) is 6. The van der Waals surface area contributed by atoms with Crippen molar-refractivity contribution in [3.05, 3.63) is 23.0 Å². The van der Waals surface area contributed by atoms with Gasteiger partial charge in [0.15, 0.2) is 0 Å². The van der Waals surface area contributed by atoms with Gasteiger partial charge in [0.25, 0.3) is 0 Å². The maximum absolute atomic E-state index is 9.18. The van der Waals surface area contributed by atoms with Crippen LogP contribution >= 0.6 is 23.5 Å². The quantitative estimate of drug-likeness (QED) is 0.438. The zero-order chi connectivity index (χ0) is 12.1. The van der Waals surface area contributed by atoms with E-state index in [1.165, 1.54) is 37.7 Å². The van der Waals surface area contributed by atoms with Crippen molar-refractivity contribution in [2.45, 2.75) is 23.1 Å². The van der Waals surface area contributed by atoms with E-state index < -0.39 is 10.2 Å². The van der Waals surface area contributed by atoms with E-state index in [9.17, 15) is 10.2 Å². The first kappa shape index (κ1) is 25.4. The molecule has 2 unspecified atom stereocenters. The molecule has 0 aromatic heterocycles. The van der Waals surface area contributed by atoms with E-state index in [1.807, 2.05) is 23.0 Å². The molecule has 0 saturated heterocycles. The average molecular weight is 426 g/mol. The molecule has 2 atom stereocenters. The van der Waals surface area contributed by atoms with Gasteiger partial charge in [-0.05, 0) is 10.8 Å². The summed E-state index contributed by atoms with van der Waals surface area (Å²) >= 11 is 2.59. The second kappa shape index (κ2) is 12.1. The van der Waals surface area contributed by atoms with E-state index in [0.29, 0.717) is 12.8 Å². The SMILES string of the molecule is COC1(O)CC=CS1.COC1(O)CC=CS1.[Cl-].[Cl-].[Zr+2]. The van der Waals surface area contributed by atoms with E-state index in [1.54, 1.807) is 0 Å². The summed E-state index contributed by atoms with van der Waals surface area (Å²) in [5.41, 5.74) is 0. The number of ether oxygens (including phenoxy) is 2. The Balaban J connectivity index is -0.000000233. The zero-order valence-corrected chi connectivity index (χ0v) is 16.1. The fourth-order valence-electron chi connectivity index (χ4n) is 1.06. The first-order valence-corrected chi connectivity index (χ1v) is 6.50. The van der Waals surface area contributed by atoms with Crippen molar-refractivity contribution >= 4 is 23.5 Å². The van der Waals surface area contributed by atoms with Crippen LogP contribution in [0.3, 0.4) is 0 Å². The second-order valence-electron chi connectivity index (χ2n) is 3.22. The fraction of sp³-hybridized carbons (Fsp3) is 0.600. The molecule has 0 aromatic carbocycles. The Morgan fingerprint density at radius 2 is 1.21 bits per heavy atom. The molecular weight excluding hydrogens is 410 g/mol. The maximum Gasteiger partial charge on any atom is 2.00 e. The minimum absolute atomic E-state index is 0. The molecule has 2 aliphatic rings. The van der Waals surface area contributed by atoms with Crippen LogP contribution in [0, 0.1) is 0 Å². The van der Waals surface area contributed by atoms with Crippen LogP contribution in [0.15, 0.2) is 23.0 Å². The van der Waals surface area contributed by atoms with E-state index in [2.05, 4.69) is 0 Å². The first-order valence-electron chi connectivity index (χ1n) is 4.74. The van der Waals surface area contributed by atoms with Gasteiger partial charge >= 0.3 is 26.2 Å². The predicted octanol–water partition coefficient (Wildman–Crippen LogP) is -4.14. The van der Waals surface area contributed by atoms with Crippen LogP contribution in [-0.4, -0.2) is 34.7 Å². The van der Waals surface area contributed by atoms with Gasteiger partial charge in [0.2, 0.25) is 10.2 Å². The van der Waals surface area contributed by atoms with E-state index in [4.69, 9.17) is 9.47 Å². The Kier molecular flexibility index (Phi) is 16.2. The van der Waals surface area contributed by atoms with Crippen LogP contribution in [0.1, 0.15) is 12.8 Å². The number of aliphatic hydroxyl groups is 2. The third-order valence-corrected chi connectivity index (χ3v) is 4.15.